The maximum Gasteiger partial charge on any atom is 0.259 e. The van der Waals surface area contributed by atoms with Gasteiger partial charge in [0.1, 0.15) is 0 Å². The number of hydrogen-bond donors (Lipinski definition) is 1. The number of fused-ring (bicyclic) bond motifs is 1. The van der Waals surface area contributed by atoms with Crippen LogP contribution in [0.4, 0.5) is 5.13 Å². The first-order chi connectivity index (χ1) is 9.65. The summed E-state index contributed by atoms with van der Waals surface area (Å²) in [7, 11) is 0. The topological polar surface area (TPSA) is 54.9 Å². The number of aromatic nitrogens is 2. The van der Waals surface area contributed by atoms with Gasteiger partial charge in [-0.1, -0.05) is 18.2 Å². The second-order valence-electron chi connectivity index (χ2n) is 4.50. The normalized spacial score (nSPS) is 10.7. The summed E-state index contributed by atoms with van der Waals surface area (Å²) in [5, 5.41) is 4.41. The molecule has 2 aromatic heterocycles. The highest BCUT2D eigenvalue weighted by Gasteiger charge is 2.13. The molecule has 0 saturated heterocycles. The minimum Gasteiger partial charge on any atom is -0.298 e. The lowest BCUT2D eigenvalue weighted by Crippen LogP contribution is -2.12. The van der Waals surface area contributed by atoms with Gasteiger partial charge in [-0.25, -0.2) is 4.98 Å². The van der Waals surface area contributed by atoms with E-state index in [9.17, 15) is 4.79 Å². The van der Waals surface area contributed by atoms with Crippen LogP contribution in [0.2, 0.25) is 0 Å². The van der Waals surface area contributed by atoms with Crippen molar-refractivity contribution in [3.8, 4) is 0 Å². The zero-order chi connectivity index (χ0) is 14.1. The molecule has 0 spiro atoms. The van der Waals surface area contributed by atoms with Crippen molar-refractivity contribution in [3.05, 3.63) is 52.7 Å². The first-order valence-corrected chi connectivity index (χ1v) is 7.06. The van der Waals surface area contributed by atoms with Crippen molar-refractivity contribution in [2.24, 2.45) is 0 Å². The summed E-state index contributed by atoms with van der Waals surface area (Å²) >= 11 is 1.48. The highest BCUT2D eigenvalue weighted by molar-refractivity contribution is 7.15. The van der Waals surface area contributed by atoms with Crippen LogP contribution in [0.25, 0.3) is 10.9 Å². The first-order valence-electron chi connectivity index (χ1n) is 6.24. The number of nitrogens with zero attached hydrogens (tertiary/aromatic N) is 2. The number of benzene rings is 1. The molecule has 20 heavy (non-hydrogen) atoms. The third-order valence-corrected chi connectivity index (χ3v) is 4.11. The van der Waals surface area contributed by atoms with Gasteiger partial charge in [-0.05, 0) is 26.0 Å². The first kappa shape index (κ1) is 12.7. The average molecular weight is 283 g/mol. The number of aryl methyl sites for hydroxylation is 2. The van der Waals surface area contributed by atoms with E-state index in [1.165, 1.54) is 11.3 Å². The van der Waals surface area contributed by atoms with E-state index in [0.717, 1.165) is 16.0 Å². The largest absolute Gasteiger partial charge is 0.298 e. The van der Waals surface area contributed by atoms with Crippen LogP contribution in [0.15, 0.2) is 36.5 Å². The standard InChI is InChI=1S/C15H13N3OS/c1-9-10(2)20-15(17-9)18-14(19)12-7-3-5-11-6-4-8-16-13(11)12/h3-8H,1-2H3,(H,17,18,19). The lowest BCUT2D eigenvalue weighted by molar-refractivity contribution is 0.102. The molecule has 0 radical (unpaired) electrons. The average Bonchev–Trinajstić information content (AvgIpc) is 2.76. The summed E-state index contributed by atoms with van der Waals surface area (Å²) in [6.07, 6.45) is 1.69. The molecule has 1 aromatic carbocycles. The van der Waals surface area contributed by atoms with Crippen LogP contribution in [0.1, 0.15) is 20.9 Å². The van der Waals surface area contributed by atoms with Gasteiger partial charge in [0.05, 0.1) is 16.8 Å². The van der Waals surface area contributed by atoms with Crippen LogP contribution in [-0.2, 0) is 0 Å². The summed E-state index contributed by atoms with van der Waals surface area (Å²) < 4.78 is 0. The predicted molar refractivity (Wildman–Crippen MR) is 81.3 cm³/mol. The van der Waals surface area contributed by atoms with E-state index in [1.54, 1.807) is 12.3 Å². The predicted octanol–water partition coefficient (Wildman–Crippen LogP) is 3.56. The number of anilines is 1. The molecule has 0 aliphatic carbocycles. The summed E-state index contributed by atoms with van der Waals surface area (Å²) in [5.74, 6) is -0.178. The molecule has 5 heteroatoms. The number of thiazole rings is 1. The Hall–Kier alpha value is -2.27. The van der Waals surface area contributed by atoms with Gasteiger partial charge in [0.15, 0.2) is 5.13 Å². The van der Waals surface area contributed by atoms with Gasteiger partial charge in [0.2, 0.25) is 0 Å². The summed E-state index contributed by atoms with van der Waals surface area (Å²) in [5.41, 5.74) is 2.22. The zero-order valence-electron chi connectivity index (χ0n) is 11.2. The Kier molecular flexibility index (Phi) is 3.20. The Labute approximate surface area is 120 Å². The summed E-state index contributed by atoms with van der Waals surface area (Å²) in [6.45, 7) is 3.92. The molecule has 0 unspecified atom stereocenters. The molecular formula is C15H13N3OS. The van der Waals surface area contributed by atoms with E-state index in [1.807, 2.05) is 38.1 Å². The fourth-order valence-electron chi connectivity index (χ4n) is 1.98. The number of pyridine rings is 1. The molecule has 0 bridgehead atoms. The lowest BCUT2D eigenvalue weighted by atomic mass is 10.1. The van der Waals surface area contributed by atoms with Crippen molar-refractivity contribution in [1.29, 1.82) is 0 Å². The van der Waals surface area contributed by atoms with Crippen LogP contribution < -0.4 is 5.32 Å². The monoisotopic (exact) mass is 283 g/mol. The Morgan fingerprint density at radius 1 is 1.20 bits per heavy atom. The smallest absolute Gasteiger partial charge is 0.259 e. The fraction of sp³-hybridized carbons (Fsp3) is 0.133. The van der Waals surface area contributed by atoms with E-state index in [2.05, 4.69) is 15.3 Å². The van der Waals surface area contributed by atoms with Gasteiger partial charge in [-0.15, -0.1) is 11.3 Å². The van der Waals surface area contributed by atoms with Crippen LogP contribution in [0.3, 0.4) is 0 Å². The van der Waals surface area contributed by atoms with Crippen molar-refractivity contribution >= 4 is 33.3 Å². The van der Waals surface area contributed by atoms with Crippen molar-refractivity contribution in [2.45, 2.75) is 13.8 Å². The molecule has 3 aromatic rings. The maximum atomic E-state index is 12.4. The third-order valence-electron chi connectivity index (χ3n) is 3.13. The lowest BCUT2D eigenvalue weighted by Gasteiger charge is -2.04. The molecule has 3 rings (SSSR count). The molecule has 2 heterocycles. The maximum absolute atomic E-state index is 12.4. The fourth-order valence-corrected chi connectivity index (χ4v) is 2.79. The second kappa shape index (κ2) is 5.02. The van der Waals surface area contributed by atoms with Crippen molar-refractivity contribution in [3.63, 3.8) is 0 Å². The van der Waals surface area contributed by atoms with Crippen LogP contribution >= 0.6 is 11.3 Å². The number of amides is 1. The minimum atomic E-state index is -0.178. The Morgan fingerprint density at radius 2 is 2.00 bits per heavy atom. The number of carbonyl (C=O) groups excluding carboxylic acids is 1. The van der Waals surface area contributed by atoms with Gasteiger partial charge in [0, 0.05) is 16.5 Å². The third kappa shape index (κ3) is 2.28. The van der Waals surface area contributed by atoms with E-state index in [0.29, 0.717) is 16.2 Å². The molecule has 100 valence electrons. The molecule has 0 fully saturated rings. The molecule has 1 N–H and O–H groups in total. The highest BCUT2D eigenvalue weighted by Crippen LogP contribution is 2.23. The summed E-state index contributed by atoms with van der Waals surface area (Å²) in [4.78, 5) is 22.1. The quantitative estimate of drug-likeness (QED) is 0.782. The molecule has 0 atom stereocenters. The van der Waals surface area contributed by atoms with E-state index >= 15 is 0 Å². The van der Waals surface area contributed by atoms with Crippen LogP contribution in [0, 0.1) is 13.8 Å². The van der Waals surface area contributed by atoms with Crippen molar-refractivity contribution in [1.82, 2.24) is 9.97 Å². The number of hydrogen-bond acceptors (Lipinski definition) is 4. The molecular weight excluding hydrogens is 270 g/mol. The second-order valence-corrected chi connectivity index (χ2v) is 5.70. The zero-order valence-corrected chi connectivity index (χ0v) is 12.0. The van der Waals surface area contributed by atoms with Gasteiger partial charge < -0.3 is 0 Å². The van der Waals surface area contributed by atoms with Gasteiger partial charge in [-0.2, -0.15) is 0 Å². The van der Waals surface area contributed by atoms with E-state index in [-0.39, 0.29) is 5.91 Å². The highest BCUT2D eigenvalue weighted by atomic mass is 32.1. The number of para-hydroxylation sites is 1. The van der Waals surface area contributed by atoms with Gasteiger partial charge in [0.25, 0.3) is 5.91 Å². The van der Waals surface area contributed by atoms with Gasteiger partial charge in [-0.3, -0.25) is 15.1 Å². The minimum absolute atomic E-state index is 0.178. The van der Waals surface area contributed by atoms with Crippen LogP contribution in [-0.4, -0.2) is 15.9 Å². The SMILES string of the molecule is Cc1nc(NC(=O)c2cccc3cccnc23)sc1C. The Morgan fingerprint density at radius 3 is 2.75 bits per heavy atom. The molecule has 1 amide bonds. The molecule has 0 aliphatic rings. The molecule has 0 aliphatic heterocycles. The van der Waals surface area contributed by atoms with E-state index < -0.39 is 0 Å². The number of nitrogens with one attached hydrogen (secondary N) is 1. The molecule has 0 saturated carbocycles. The van der Waals surface area contributed by atoms with E-state index in [4.69, 9.17) is 0 Å². The van der Waals surface area contributed by atoms with Gasteiger partial charge >= 0.3 is 0 Å². The van der Waals surface area contributed by atoms with Crippen LogP contribution in [0.5, 0.6) is 0 Å². The summed E-state index contributed by atoms with van der Waals surface area (Å²) in [6, 6.07) is 9.38. The Balaban J connectivity index is 1.96. The Bertz CT molecular complexity index is 770. The van der Waals surface area contributed by atoms with Crippen molar-refractivity contribution < 1.29 is 4.79 Å². The van der Waals surface area contributed by atoms with Crippen molar-refractivity contribution in [2.75, 3.05) is 5.32 Å². The number of carbonyl (C=O) groups is 1. The number of rotatable bonds is 2. The molecule has 4 nitrogen and oxygen atoms in total.